The maximum Gasteiger partial charge on any atom is 0.149 e. The van der Waals surface area contributed by atoms with Gasteiger partial charge in [-0.25, -0.2) is 4.98 Å². The molecule has 0 bridgehead atoms. The summed E-state index contributed by atoms with van der Waals surface area (Å²) in [5, 5.41) is 2.99. The minimum absolute atomic E-state index is 0.0922. The van der Waals surface area contributed by atoms with Crippen molar-refractivity contribution in [2.24, 2.45) is 0 Å². The zero-order chi connectivity index (χ0) is 9.68. The second kappa shape index (κ2) is 4.77. The number of nitrogens with zero attached hydrogens (tertiary/aromatic N) is 1. The fourth-order valence-corrected chi connectivity index (χ4v) is 1.24. The Labute approximate surface area is 77.8 Å². The quantitative estimate of drug-likeness (QED) is 0.696. The van der Waals surface area contributed by atoms with Gasteiger partial charge in [-0.3, -0.25) is 4.79 Å². The molecule has 1 atom stereocenters. The summed E-state index contributed by atoms with van der Waals surface area (Å²) in [5.74, 6) is 0.233. The van der Waals surface area contributed by atoms with Crippen molar-refractivity contribution in [1.29, 1.82) is 0 Å². The predicted molar refractivity (Wildman–Crippen MR) is 50.4 cm³/mol. The van der Waals surface area contributed by atoms with Gasteiger partial charge in [-0.2, -0.15) is 0 Å². The number of H-pyrrole nitrogens is 1. The first-order valence-electron chi connectivity index (χ1n) is 4.45. The number of carbonyl (C=O) groups is 1. The lowest BCUT2D eigenvalue weighted by Crippen LogP contribution is -2.35. The highest BCUT2D eigenvalue weighted by molar-refractivity contribution is 5.83. The van der Waals surface area contributed by atoms with E-state index in [2.05, 4.69) is 15.3 Å². The van der Waals surface area contributed by atoms with E-state index in [9.17, 15) is 4.79 Å². The van der Waals surface area contributed by atoms with E-state index in [-0.39, 0.29) is 11.8 Å². The predicted octanol–water partition coefficient (Wildman–Crippen LogP) is 0.519. The molecular formula is C9H15N3O. The molecule has 4 heteroatoms. The summed E-state index contributed by atoms with van der Waals surface area (Å²) in [7, 11) is 1.80. The van der Waals surface area contributed by atoms with Gasteiger partial charge in [-0.05, 0) is 7.05 Å². The molecule has 0 spiro atoms. The van der Waals surface area contributed by atoms with Crippen molar-refractivity contribution < 1.29 is 4.79 Å². The number of hydrogen-bond donors (Lipinski definition) is 2. The van der Waals surface area contributed by atoms with Crippen LogP contribution in [0.1, 0.15) is 19.0 Å². The van der Waals surface area contributed by atoms with Crippen molar-refractivity contribution >= 4 is 5.78 Å². The number of carbonyl (C=O) groups excluding carboxylic acids is 1. The van der Waals surface area contributed by atoms with E-state index >= 15 is 0 Å². The summed E-state index contributed by atoms with van der Waals surface area (Å²) in [5.41, 5.74) is 0.987. The Morgan fingerprint density at radius 3 is 3.00 bits per heavy atom. The highest BCUT2D eigenvalue weighted by atomic mass is 16.1. The number of ketones is 1. The minimum atomic E-state index is -0.0922. The fraction of sp³-hybridized carbons (Fsp3) is 0.556. The van der Waals surface area contributed by atoms with Gasteiger partial charge in [0.2, 0.25) is 0 Å². The highest BCUT2D eigenvalue weighted by Crippen LogP contribution is 2.00. The lowest BCUT2D eigenvalue weighted by Gasteiger charge is -2.12. The third-order valence-electron chi connectivity index (χ3n) is 2.06. The average Bonchev–Trinajstić information content (AvgIpc) is 2.65. The molecule has 0 aromatic carbocycles. The Morgan fingerprint density at radius 1 is 1.77 bits per heavy atom. The van der Waals surface area contributed by atoms with Crippen LogP contribution in [0.25, 0.3) is 0 Å². The maximum absolute atomic E-state index is 11.4. The van der Waals surface area contributed by atoms with E-state index in [0.29, 0.717) is 12.8 Å². The summed E-state index contributed by atoms with van der Waals surface area (Å²) in [4.78, 5) is 18.3. The van der Waals surface area contributed by atoms with Gasteiger partial charge in [0.15, 0.2) is 0 Å². The number of hydrogen-bond acceptors (Lipinski definition) is 3. The van der Waals surface area contributed by atoms with Gasteiger partial charge in [-0.1, -0.05) is 6.92 Å². The van der Waals surface area contributed by atoms with Crippen molar-refractivity contribution in [3.05, 3.63) is 18.2 Å². The molecule has 0 amide bonds. The Morgan fingerprint density at radius 2 is 2.54 bits per heavy atom. The smallest absolute Gasteiger partial charge is 0.149 e. The van der Waals surface area contributed by atoms with E-state index in [1.165, 1.54) is 0 Å². The number of Topliss-reactive ketones (excluding diaryl/α,β-unsaturated/α-hetero) is 1. The number of aromatic nitrogens is 2. The van der Waals surface area contributed by atoms with Gasteiger partial charge in [0.1, 0.15) is 5.78 Å². The number of nitrogens with one attached hydrogen (secondary N) is 2. The molecule has 1 aromatic rings. The van der Waals surface area contributed by atoms with Gasteiger partial charge in [0.25, 0.3) is 0 Å². The minimum Gasteiger partial charge on any atom is -0.348 e. The van der Waals surface area contributed by atoms with Gasteiger partial charge in [0, 0.05) is 24.7 Å². The Hall–Kier alpha value is -1.16. The normalized spacial score (nSPS) is 12.8. The first-order valence-corrected chi connectivity index (χ1v) is 4.45. The van der Waals surface area contributed by atoms with Crippen LogP contribution < -0.4 is 5.32 Å². The lowest BCUT2D eigenvalue weighted by molar-refractivity contribution is -0.120. The molecule has 4 nitrogen and oxygen atoms in total. The molecule has 0 radical (unpaired) electrons. The second-order valence-electron chi connectivity index (χ2n) is 2.94. The standard InChI is InChI=1S/C9H15N3O/c1-3-9(13)8(10-2)4-7-5-11-6-12-7/h5-6,8,10H,3-4H2,1-2H3,(H,11,12)/t8-/m0/s1. The van der Waals surface area contributed by atoms with Crippen LogP contribution in [-0.4, -0.2) is 28.8 Å². The molecule has 13 heavy (non-hydrogen) atoms. The van der Waals surface area contributed by atoms with E-state index in [4.69, 9.17) is 0 Å². The van der Waals surface area contributed by atoms with Crippen LogP contribution in [0.4, 0.5) is 0 Å². The monoisotopic (exact) mass is 181 g/mol. The molecule has 0 aliphatic rings. The zero-order valence-electron chi connectivity index (χ0n) is 8.00. The molecule has 0 fully saturated rings. The van der Waals surface area contributed by atoms with Gasteiger partial charge in [-0.15, -0.1) is 0 Å². The molecule has 0 aliphatic heterocycles. The molecule has 0 unspecified atom stereocenters. The maximum atomic E-state index is 11.4. The highest BCUT2D eigenvalue weighted by Gasteiger charge is 2.14. The molecule has 1 heterocycles. The number of likely N-dealkylation sites (N-methyl/N-ethyl adjacent to an activating group) is 1. The zero-order valence-corrected chi connectivity index (χ0v) is 8.00. The molecule has 72 valence electrons. The summed E-state index contributed by atoms with van der Waals surface area (Å²) in [6.07, 6.45) is 4.62. The summed E-state index contributed by atoms with van der Waals surface area (Å²) < 4.78 is 0. The van der Waals surface area contributed by atoms with Crippen LogP contribution >= 0.6 is 0 Å². The lowest BCUT2D eigenvalue weighted by atomic mass is 10.1. The first-order chi connectivity index (χ1) is 6.27. The number of rotatable bonds is 5. The summed E-state index contributed by atoms with van der Waals surface area (Å²) in [6.45, 7) is 1.87. The van der Waals surface area contributed by atoms with E-state index in [1.807, 2.05) is 6.92 Å². The van der Waals surface area contributed by atoms with Crippen LogP contribution in [0, 0.1) is 0 Å². The molecule has 1 rings (SSSR count). The van der Waals surface area contributed by atoms with Crippen molar-refractivity contribution in [3.8, 4) is 0 Å². The third-order valence-corrected chi connectivity index (χ3v) is 2.06. The van der Waals surface area contributed by atoms with Crippen LogP contribution in [0.3, 0.4) is 0 Å². The van der Waals surface area contributed by atoms with Crippen LogP contribution in [0.5, 0.6) is 0 Å². The van der Waals surface area contributed by atoms with Gasteiger partial charge < -0.3 is 10.3 Å². The largest absolute Gasteiger partial charge is 0.348 e. The van der Waals surface area contributed by atoms with E-state index in [1.54, 1.807) is 19.6 Å². The Kier molecular flexibility index (Phi) is 3.64. The molecule has 0 aliphatic carbocycles. The second-order valence-corrected chi connectivity index (χ2v) is 2.94. The number of aromatic amines is 1. The van der Waals surface area contributed by atoms with Crippen LogP contribution in [0.15, 0.2) is 12.5 Å². The molecular weight excluding hydrogens is 166 g/mol. The van der Waals surface area contributed by atoms with Crippen molar-refractivity contribution in [1.82, 2.24) is 15.3 Å². The third kappa shape index (κ3) is 2.66. The van der Waals surface area contributed by atoms with Crippen molar-refractivity contribution in [2.45, 2.75) is 25.8 Å². The van der Waals surface area contributed by atoms with Gasteiger partial charge >= 0.3 is 0 Å². The molecule has 0 saturated carbocycles. The van der Waals surface area contributed by atoms with Crippen LogP contribution in [0.2, 0.25) is 0 Å². The van der Waals surface area contributed by atoms with Crippen molar-refractivity contribution in [3.63, 3.8) is 0 Å². The van der Waals surface area contributed by atoms with Crippen LogP contribution in [-0.2, 0) is 11.2 Å². The molecule has 2 N–H and O–H groups in total. The first kappa shape index (κ1) is 9.92. The SMILES string of the molecule is CCC(=O)[C@H](Cc1cnc[nH]1)NC. The molecule has 1 aromatic heterocycles. The summed E-state index contributed by atoms with van der Waals surface area (Å²) >= 11 is 0. The van der Waals surface area contributed by atoms with Crippen molar-refractivity contribution in [2.75, 3.05) is 7.05 Å². The topological polar surface area (TPSA) is 57.8 Å². The Bertz CT molecular complexity index is 256. The summed E-state index contributed by atoms with van der Waals surface area (Å²) in [6, 6.07) is -0.0922. The van der Waals surface area contributed by atoms with E-state index in [0.717, 1.165) is 5.69 Å². The van der Waals surface area contributed by atoms with E-state index < -0.39 is 0 Å². The van der Waals surface area contributed by atoms with Gasteiger partial charge in [0.05, 0.1) is 12.4 Å². The number of imidazole rings is 1. The molecule has 0 saturated heterocycles. The Balaban J connectivity index is 2.54. The average molecular weight is 181 g/mol. The fourth-order valence-electron chi connectivity index (χ4n) is 1.24.